The van der Waals surface area contributed by atoms with Crippen LogP contribution in [0.4, 0.5) is 0 Å². The maximum Gasteiger partial charge on any atom is 0.259 e. The average molecular weight is 302 g/mol. The van der Waals surface area contributed by atoms with Crippen LogP contribution < -0.4 is 4.74 Å². The van der Waals surface area contributed by atoms with Crippen LogP contribution in [0.3, 0.4) is 0 Å². The molecule has 1 amide bonds. The molecule has 2 aromatic rings. The number of pyridine rings is 1. The Bertz CT molecular complexity index is 674. The van der Waals surface area contributed by atoms with Crippen molar-refractivity contribution in [2.24, 2.45) is 0 Å². The highest BCUT2D eigenvalue weighted by atomic mass is 16.5. The normalized spacial score (nSPS) is 15.3. The molecule has 3 heterocycles. The number of nitrogens with zero attached hydrogens (tertiary/aromatic N) is 4. The number of carbonyl (C=O) groups excluding carboxylic acids is 1. The number of carbonyl (C=O) groups is 1. The minimum absolute atomic E-state index is 0.0156. The van der Waals surface area contributed by atoms with E-state index in [-0.39, 0.29) is 5.91 Å². The van der Waals surface area contributed by atoms with Crippen LogP contribution in [0.25, 0.3) is 11.0 Å². The quantitative estimate of drug-likeness (QED) is 0.870. The van der Waals surface area contributed by atoms with Crippen LogP contribution >= 0.6 is 0 Å². The van der Waals surface area contributed by atoms with Gasteiger partial charge in [0.05, 0.1) is 18.2 Å². The zero-order valence-corrected chi connectivity index (χ0v) is 13.2. The summed E-state index contributed by atoms with van der Waals surface area (Å²) < 4.78 is 7.59. The zero-order valence-electron chi connectivity index (χ0n) is 13.2. The van der Waals surface area contributed by atoms with Crippen molar-refractivity contribution < 1.29 is 9.53 Å². The van der Waals surface area contributed by atoms with Crippen molar-refractivity contribution in [2.75, 3.05) is 19.7 Å². The molecule has 1 aliphatic heterocycles. The van der Waals surface area contributed by atoms with Gasteiger partial charge in [-0.1, -0.05) is 0 Å². The summed E-state index contributed by atoms with van der Waals surface area (Å²) in [4.78, 5) is 19.1. The lowest BCUT2D eigenvalue weighted by molar-refractivity contribution is 0.0720. The van der Waals surface area contributed by atoms with Gasteiger partial charge in [0.1, 0.15) is 11.3 Å². The van der Waals surface area contributed by atoms with Gasteiger partial charge in [-0.2, -0.15) is 5.10 Å². The van der Waals surface area contributed by atoms with Crippen molar-refractivity contribution in [1.29, 1.82) is 0 Å². The third kappa shape index (κ3) is 2.53. The Labute approximate surface area is 130 Å². The summed E-state index contributed by atoms with van der Waals surface area (Å²) in [7, 11) is 0. The van der Waals surface area contributed by atoms with Gasteiger partial charge < -0.3 is 9.64 Å². The Morgan fingerprint density at radius 3 is 2.68 bits per heavy atom. The average Bonchev–Trinajstić information content (AvgIpc) is 2.99. The molecular formula is C16H22N4O2. The fraction of sp³-hybridized carbons (Fsp3) is 0.562. The predicted octanol–water partition coefficient (Wildman–Crippen LogP) is 2.48. The van der Waals surface area contributed by atoms with E-state index in [1.807, 2.05) is 23.4 Å². The molecule has 0 radical (unpaired) electrons. The van der Waals surface area contributed by atoms with E-state index < -0.39 is 0 Å². The van der Waals surface area contributed by atoms with Gasteiger partial charge in [-0.25, -0.2) is 9.67 Å². The van der Waals surface area contributed by atoms with Gasteiger partial charge in [0, 0.05) is 25.8 Å². The molecule has 1 aliphatic rings. The highest BCUT2D eigenvalue weighted by Gasteiger charge is 2.24. The Hall–Kier alpha value is -2.11. The molecule has 0 spiro atoms. The van der Waals surface area contributed by atoms with Gasteiger partial charge >= 0.3 is 0 Å². The summed E-state index contributed by atoms with van der Waals surface area (Å²) in [6.45, 7) is 6.82. The molecular weight excluding hydrogens is 280 g/mol. The summed E-state index contributed by atoms with van der Waals surface area (Å²) in [6.07, 6.45) is 6.71. The van der Waals surface area contributed by atoms with Crippen molar-refractivity contribution >= 4 is 16.9 Å². The summed E-state index contributed by atoms with van der Waals surface area (Å²) in [5.74, 6) is 0.629. The molecule has 3 rings (SSSR count). The first-order chi connectivity index (χ1) is 10.8. The second-order valence-electron chi connectivity index (χ2n) is 5.48. The van der Waals surface area contributed by atoms with Crippen LogP contribution in [0.1, 0.15) is 43.5 Å². The minimum Gasteiger partial charge on any atom is -0.492 e. The molecule has 0 aliphatic carbocycles. The van der Waals surface area contributed by atoms with E-state index in [0.29, 0.717) is 17.9 Å². The van der Waals surface area contributed by atoms with Gasteiger partial charge in [-0.05, 0) is 33.1 Å². The van der Waals surface area contributed by atoms with E-state index in [0.717, 1.165) is 43.5 Å². The lowest BCUT2D eigenvalue weighted by Crippen LogP contribution is -2.35. The van der Waals surface area contributed by atoms with Gasteiger partial charge in [-0.15, -0.1) is 0 Å². The Morgan fingerprint density at radius 1 is 1.23 bits per heavy atom. The number of hydrogen-bond acceptors (Lipinski definition) is 4. The zero-order chi connectivity index (χ0) is 15.5. The largest absolute Gasteiger partial charge is 0.492 e. The molecule has 1 saturated heterocycles. The number of aryl methyl sites for hydroxylation is 1. The number of fused-ring (bicyclic) bond motifs is 1. The van der Waals surface area contributed by atoms with E-state index in [1.54, 1.807) is 12.4 Å². The Kier molecular flexibility index (Phi) is 4.27. The fourth-order valence-electron chi connectivity index (χ4n) is 2.96. The number of piperidine rings is 1. The number of likely N-dealkylation sites (tertiary alicyclic amines) is 1. The molecule has 0 saturated carbocycles. The van der Waals surface area contributed by atoms with Crippen molar-refractivity contribution in [3.05, 3.63) is 18.0 Å². The molecule has 2 aromatic heterocycles. The first kappa shape index (κ1) is 14.8. The van der Waals surface area contributed by atoms with Crippen molar-refractivity contribution in [3.8, 4) is 5.75 Å². The fourth-order valence-corrected chi connectivity index (χ4v) is 2.96. The third-order valence-corrected chi connectivity index (χ3v) is 4.08. The summed E-state index contributed by atoms with van der Waals surface area (Å²) in [6, 6.07) is 0. The molecule has 0 bridgehead atoms. The Balaban J connectivity index is 2.04. The molecule has 22 heavy (non-hydrogen) atoms. The lowest BCUT2D eigenvalue weighted by Gasteiger charge is -2.27. The SMILES string of the molecule is CCOc1c(C(=O)N2CCCCC2)cnc2c1cnn2CC. The maximum atomic E-state index is 12.8. The summed E-state index contributed by atoms with van der Waals surface area (Å²) >= 11 is 0. The van der Waals surface area contributed by atoms with Crippen LogP contribution in [0.2, 0.25) is 0 Å². The Morgan fingerprint density at radius 2 is 2.00 bits per heavy atom. The number of hydrogen-bond donors (Lipinski definition) is 0. The topological polar surface area (TPSA) is 60.2 Å². The van der Waals surface area contributed by atoms with Crippen LogP contribution in [0, 0.1) is 0 Å². The summed E-state index contributed by atoms with van der Waals surface area (Å²) in [5, 5.41) is 5.13. The molecule has 0 aromatic carbocycles. The van der Waals surface area contributed by atoms with Gasteiger partial charge in [0.2, 0.25) is 0 Å². The van der Waals surface area contributed by atoms with E-state index in [4.69, 9.17) is 4.74 Å². The molecule has 1 fully saturated rings. The maximum absolute atomic E-state index is 12.8. The lowest BCUT2D eigenvalue weighted by atomic mass is 10.1. The number of aromatic nitrogens is 3. The number of ether oxygens (including phenoxy) is 1. The minimum atomic E-state index is 0.0156. The smallest absolute Gasteiger partial charge is 0.259 e. The molecule has 118 valence electrons. The number of rotatable bonds is 4. The van der Waals surface area contributed by atoms with Gasteiger partial charge in [0.15, 0.2) is 5.65 Å². The first-order valence-electron chi connectivity index (χ1n) is 8.02. The van der Waals surface area contributed by atoms with Crippen molar-refractivity contribution in [1.82, 2.24) is 19.7 Å². The van der Waals surface area contributed by atoms with Crippen LogP contribution in [0.5, 0.6) is 5.75 Å². The molecule has 0 unspecified atom stereocenters. The van der Waals surface area contributed by atoms with Gasteiger partial charge in [0.25, 0.3) is 5.91 Å². The second kappa shape index (κ2) is 6.34. The standard InChI is InChI=1S/C16H22N4O2/c1-3-20-15-12(11-18-20)14(22-4-2)13(10-17-15)16(21)19-8-6-5-7-9-19/h10-11H,3-9H2,1-2H3. The monoisotopic (exact) mass is 302 g/mol. The molecule has 6 nitrogen and oxygen atoms in total. The molecule has 0 N–H and O–H groups in total. The predicted molar refractivity (Wildman–Crippen MR) is 84.1 cm³/mol. The summed E-state index contributed by atoms with van der Waals surface area (Å²) in [5.41, 5.74) is 1.31. The first-order valence-corrected chi connectivity index (χ1v) is 8.02. The van der Waals surface area contributed by atoms with Crippen molar-refractivity contribution in [3.63, 3.8) is 0 Å². The molecule has 6 heteroatoms. The van der Waals surface area contributed by atoms with E-state index >= 15 is 0 Å². The van der Waals surface area contributed by atoms with E-state index in [1.165, 1.54) is 6.42 Å². The van der Waals surface area contributed by atoms with E-state index in [2.05, 4.69) is 10.1 Å². The van der Waals surface area contributed by atoms with E-state index in [9.17, 15) is 4.79 Å². The number of amides is 1. The van der Waals surface area contributed by atoms with Crippen LogP contribution in [-0.4, -0.2) is 45.3 Å². The van der Waals surface area contributed by atoms with Crippen molar-refractivity contribution in [2.45, 2.75) is 39.7 Å². The van der Waals surface area contributed by atoms with Gasteiger partial charge in [-0.3, -0.25) is 4.79 Å². The highest BCUT2D eigenvalue weighted by Crippen LogP contribution is 2.30. The second-order valence-corrected chi connectivity index (χ2v) is 5.48. The van der Waals surface area contributed by atoms with Crippen LogP contribution in [-0.2, 0) is 6.54 Å². The highest BCUT2D eigenvalue weighted by molar-refractivity contribution is 6.01. The van der Waals surface area contributed by atoms with Crippen LogP contribution in [0.15, 0.2) is 12.4 Å². The molecule has 0 atom stereocenters. The third-order valence-electron chi connectivity index (χ3n) is 4.08.